The minimum atomic E-state index is -0.893. The first-order chi connectivity index (χ1) is 7.47. The van der Waals surface area contributed by atoms with Crippen LogP contribution < -0.4 is 4.74 Å². The lowest BCUT2D eigenvalue weighted by atomic mass is 9.94. The second kappa shape index (κ2) is 5.12. The molecule has 0 saturated heterocycles. The summed E-state index contributed by atoms with van der Waals surface area (Å²) >= 11 is 0. The normalized spacial score (nSPS) is 14.6. The van der Waals surface area contributed by atoms with Crippen molar-refractivity contribution in [2.75, 3.05) is 6.61 Å². The zero-order chi connectivity index (χ0) is 12.2. The van der Waals surface area contributed by atoms with Crippen LogP contribution in [0.2, 0.25) is 0 Å². The van der Waals surface area contributed by atoms with Gasteiger partial charge in [0.05, 0.1) is 11.2 Å². The Morgan fingerprint density at radius 2 is 2.06 bits per heavy atom. The van der Waals surface area contributed by atoms with E-state index in [1.807, 2.05) is 13.8 Å². The summed E-state index contributed by atoms with van der Waals surface area (Å²) in [5.74, 6) is 0.606. The number of hydrogen-bond donors (Lipinski definition) is 1. The van der Waals surface area contributed by atoms with Crippen LogP contribution in [0, 0.1) is 5.92 Å². The molecule has 0 saturated carbocycles. The highest BCUT2D eigenvalue weighted by Gasteiger charge is 2.26. The molecule has 88 valence electrons. The molecule has 1 rings (SSSR count). The number of aliphatic hydroxyl groups is 1. The van der Waals surface area contributed by atoms with Gasteiger partial charge in [0.2, 0.25) is 0 Å². The summed E-state index contributed by atoms with van der Waals surface area (Å²) < 4.78 is 5.47. The molecular formula is C13H18O3. The topological polar surface area (TPSA) is 46.5 Å². The van der Waals surface area contributed by atoms with Crippen LogP contribution in [0.1, 0.15) is 31.1 Å². The third kappa shape index (κ3) is 3.07. The van der Waals surface area contributed by atoms with E-state index in [2.05, 4.69) is 0 Å². The average molecular weight is 222 g/mol. The monoisotopic (exact) mass is 222 g/mol. The van der Waals surface area contributed by atoms with Gasteiger partial charge in [0.25, 0.3) is 0 Å². The molecule has 1 unspecified atom stereocenters. The van der Waals surface area contributed by atoms with E-state index in [-0.39, 0.29) is 12.5 Å². The van der Waals surface area contributed by atoms with E-state index >= 15 is 0 Å². The molecule has 0 aliphatic heterocycles. The smallest absolute Gasteiger partial charge is 0.153 e. The summed E-state index contributed by atoms with van der Waals surface area (Å²) in [5, 5.41) is 10.0. The second-order valence-corrected chi connectivity index (χ2v) is 4.46. The third-order valence-electron chi connectivity index (χ3n) is 2.81. The molecule has 0 radical (unpaired) electrons. The lowest BCUT2D eigenvalue weighted by Crippen LogP contribution is -2.37. The number of hydrogen-bond acceptors (Lipinski definition) is 3. The quantitative estimate of drug-likeness (QED) is 0.777. The molecule has 0 aliphatic carbocycles. The first-order valence-corrected chi connectivity index (χ1v) is 5.37. The molecule has 1 aromatic rings. The molecule has 0 aliphatic rings. The predicted molar refractivity (Wildman–Crippen MR) is 62.8 cm³/mol. The largest absolute Gasteiger partial charge is 0.490 e. The van der Waals surface area contributed by atoms with E-state index in [0.29, 0.717) is 11.3 Å². The molecular weight excluding hydrogens is 204 g/mol. The number of rotatable bonds is 5. The van der Waals surface area contributed by atoms with Crippen molar-refractivity contribution in [3.05, 3.63) is 29.8 Å². The summed E-state index contributed by atoms with van der Waals surface area (Å²) in [6.07, 6.45) is 0.749. The van der Waals surface area contributed by atoms with Crippen LogP contribution in [-0.4, -0.2) is 23.6 Å². The fourth-order valence-electron chi connectivity index (χ4n) is 1.10. The maximum Gasteiger partial charge on any atom is 0.153 e. The number of carbonyl (C=O) groups excluding carboxylic acids is 1. The predicted octanol–water partition coefficient (Wildman–Crippen LogP) is 2.28. The Kier molecular flexibility index (Phi) is 4.07. The van der Waals surface area contributed by atoms with Crippen molar-refractivity contribution in [2.45, 2.75) is 26.4 Å². The van der Waals surface area contributed by atoms with Gasteiger partial charge in [-0.1, -0.05) is 26.0 Å². The van der Waals surface area contributed by atoms with Crippen LogP contribution in [-0.2, 0) is 0 Å². The summed E-state index contributed by atoms with van der Waals surface area (Å²) in [6.45, 7) is 5.75. The van der Waals surface area contributed by atoms with E-state index in [9.17, 15) is 9.90 Å². The van der Waals surface area contributed by atoms with Crippen molar-refractivity contribution in [3.63, 3.8) is 0 Å². The van der Waals surface area contributed by atoms with Crippen LogP contribution in [0.15, 0.2) is 24.3 Å². The summed E-state index contributed by atoms with van der Waals surface area (Å²) in [7, 11) is 0. The first kappa shape index (κ1) is 12.7. The van der Waals surface area contributed by atoms with Gasteiger partial charge in [-0.3, -0.25) is 4.79 Å². The van der Waals surface area contributed by atoms with Gasteiger partial charge >= 0.3 is 0 Å². The van der Waals surface area contributed by atoms with Crippen LogP contribution in [0.3, 0.4) is 0 Å². The number of aldehydes is 1. The fraction of sp³-hybridized carbons (Fsp3) is 0.462. The van der Waals surface area contributed by atoms with Crippen LogP contribution >= 0.6 is 0 Å². The van der Waals surface area contributed by atoms with Crippen molar-refractivity contribution in [1.29, 1.82) is 0 Å². The van der Waals surface area contributed by atoms with Crippen molar-refractivity contribution in [2.24, 2.45) is 5.92 Å². The highest BCUT2D eigenvalue weighted by molar-refractivity contribution is 5.79. The van der Waals surface area contributed by atoms with Gasteiger partial charge in [-0.2, -0.15) is 0 Å². The molecule has 0 heterocycles. The van der Waals surface area contributed by atoms with Gasteiger partial charge in [0.1, 0.15) is 12.4 Å². The van der Waals surface area contributed by atoms with E-state index in [1.165, 1.54) is 0 Å². The lowest BCUT2D eigenvalue weighted by Gasteiger charge is -2.27. The average Bonchev–Trinajstić information content (AvgIpc) is 2.26. The number of carbonyl (C=O) groups is 1. The van der Waals surface area contributed by atoms with E-state index < -0.39 is 5.60 Å². The van der Waals surface area contributed by atoms with E-state index in [4.69, 9.17) is 4.74 Å². The Morgan fingerprint density at radius 3 is 2.62 bits per heavy atom. The Hall–Kier alpha value is -1.35. The molecule has 16 heavy (non-hydrogen) atoms. The van der Waals surface area contributed by atoms with Crippen molar-refractivity contribution in [3.8, 4) is 5.75 Å². The molecule has 0 spiro atoms. The van der Waals surface area contributed by atoms with E-state index in [1.54, 1.807) is 31.2 Å². The Bertz CT molecular complexity index is 356. The standard InChI is InChI=1S/C13H18O3/c1-10(2)13(3,15)9-16-12-7-5-4-6-11(12)8-14/h4-8,10,15H,9H2,1-3H3. The van der Waals surface area contributed by atoms with Crippen LogP contribution in [0.25, 0.3) is 0 Å². The summed E-state index contributed by atoms with van der Waals surface area (Å²) in [5.41, 5.74) is -0.391. The molecule has 3 nitrogen and oxygen atoms in total. The SMILES string of the molecule is CC(C)C(C)(O)COc1ccccc1C=O. The molecule has 1 aromatic carbocycles. The molecule has 3 heteroatoms. The van der Waals surface area contributed by atoms with Crippen molar-refractivity contribution < 1.29 is 14.6 Å². The minimum absolute atomic E-state index is 0.0934. The second-order valence-electron chi connectivity index (χ2n) is 4.46. The molecule has 0 bridgehead atoms. The van der Waals surface area contributed by atoms with Gasteiger partial charge in [-0.25, -0.2) is 0 Å². The third-order valence-corrected chi connectivity index (χ3v) is 2.81. The maximum atomic E-state index is 10.7. The highest BCUT2D eigenvalue weighted by Crippen LogP contribution is 2.21. The fourth-order valence-corrected chi connectivity index (χ4v) is 1.10. The molecule has 1 atom stereocenters. The lowest BCUT2D eigenvalue weighted by molar-refractivity contribution is -0.0267. The maximum absolute atomic E-state index is 10.7. The Morgan fingerprint density at radius 1 is 1.44 bits per heavy atom. The number of para-hydroxylation sites is 1. The van der Waals surface area contributed by atoms with Crippen LogP contribution in [0.4, 0.5) is 0 Å². The Balaban J connectivity index is 2.71. The zero-order valence-electron chi connectivity index (χ0n) is 9.93. The summed E-state index contributed by atoms with van der Waals surface area (Å²) in [6, 6.07) is 6.98. The molecule has 0 aromatic heterocycles. The van der Waals surface area contributed by atoms with E-state index in [0.717, 1.165) is 6.29 Å². The van der Waals surface area contributed by atoms with Gasteiger partial charge in [0, 0.05) is 0 Å². The highest BCUT2D eigenvalue weighted by atomic mass is 16.5. The Labute approximate surface area is 96.1 Å². The molecule has 1 N–H and O–H groups in total. The molecule has 0 amide bonds. The molecule has 0 fully saturated rings. The zero-order valence-corrected chi connectivity index (χ0v) is 9.93. The first-order valence-electron chi connectivity index (χ1n) is 5.37. The number of benzene rings is 1. The van der Waals surface area contributed by atoms with Gasteiger partial charge in [-0.05, 0) is 25.0 Å². The number of ether oxygens (including phenoxy) is 1. The van der Waals surface area contributed by atoms with Gasteiger partial charge in [-0.15, -0.1) is 0 Å². The van der Waals surface area contributed by atoms with Crippen LogP contribution in [0.5, 0.6) is 5.75 Å². The summed E-state index contributed by atoms with van der Waals surface area (Å²) in [4.78, 5) is 10.7. The minimum Gasteiger partial charge on any atom is -0.490 e. The van der Waals surface area contributed by atoms with Crippen molar-refractivity contribution >= 4 is 6.29 Å². The van der Waals surface area contributed by atoms with Gasteiger partial charge in [0.15, 0.2) is 6.29 Å². The van der Waals surface area contributed by atoms with Crippen molar-refractivity contribution in [1.82, 2.24) is 0 Å². The van der Waals surface area contributed by atoms with Gasteiger partial charge < -0.3 is 9.84 Å².